The average Bonchev–Trinajstić information content (AvgIpc) is 2.81. The molecule has 2 aromatic rings. The first-order valence-corrected chi connectivity index (χ1v) is 7.51. The molecule has 0 saturated carbocycles. The van der Waals surface area contributed by atoms with Crippen LogP contribution in [0.4, 0.5) is 5.69 Å². The van der Waals surface area contributed by atoms with Crippen LogP contribution in [0.2, 0.25) is 0 Å². The number of anilines is 1. The summed E-state index contributed by atoms with van der Waals surface area (Å²) in [4.78, 5) is 4.01. The molecular formula is C11H12N2O3S2. The van der Waals surface area contributed by atoms with Crippen molar-refractivity contribution in [2.45, 2.75) is 17.7 Å². The van der Waals surface area contributed by atoms with Gasteiger partial charge in [0.15, 0.2) is 0 Å². The smallest absolute Gasteiger partial charge is 0.271 e. The quantitative estimate of drug-likeness (QED) is 0.896. The van der Waals surface area contributed by atoms with Gasteiger partial charge in [-0.05, 0) is 36.1 Å². The number of aliphatic hydroxyl groups is 1. The van der Waals surface area contributed by atoms with Crippen LogP contribution in [-0.2, 0) is 16.6 Å². The lowest BCUT2D eigenvalue weighted by Crippen LogP contribution is -2.11. The van der Waals surface area contributed by atoms with Crippen molar-refractivity contribution in [1.29, 1.82) is 0 Å². The minimum Gasteiger partial charge on any atom is -0.392 e. The summed E-state index contributed by atoms with van der Waals surface area (Å²) >= 11 is 1.07. The number of sulfonamides is 1. The van der Waals surface area contributed by atoms with E-state index in [1.54, 1.807) is 17.5 Å². The number of thiophene rings is 1. The summed E-state index contributed by atoms with van der Waals surface area (Å²) in [6.45, 7) is 1.66. The minimum atomic E-state index is -3.60. The van der Waals surface area contributed by atoms with Crippen molar-refractivity contribution in [3.63, 3.8) is 0 Å². The zero-order chi connectivity index (χ0) is 13.2. The third-order valence-corrected chi connectivity index (χ3v) is 5.11. The normalized spacial score (nSPS) is 11.4. The molecule has 0 unspecified atom stereocenters. The molecule has 2 N–H and O–H groups in total. The maximum atomic E-state index is 12.0. The highest BCUT2D eigenvalue weighted by atomic mass is 32.2. The fourth-order valence-corrected chi connectivity index (χ4v) is 3.55. The molecule has 0 aliphatic heterocycles. The minimum absolute atomic E-state index is 0.169. The first-order chi connectivity index (χ1) is 8.51. The molecule has 0 fully saturated rings. The van der Waals surface area contributed by atoms with E-state index in [4.69, 9.17) is 5.11 Å². The Morgan fingerprint density at radius 2 is 2.22 bits per heavy atom. The molecule has 0 atom stereocenters. The van der Waals surface area contributed by atoms with E-state index >= 15 is 0 Å². The molecule has 5 nitrogen and oxygen atoms in total. The number of nitrogens with zero attached hydrogens (tertiary/aromatic N) is 1. The maximum absolute atomic E-state index is 12.0. The van der Waals surface area contributed by atoms with Crippen LogP contribution in [0.1, 0.15) is 11.3 Å². The van der Waals surface area contributed by atoms with E-state index in [2.05, 4.69) is 9.71 Å². The van der Waals surface area contributed by atoms with E-state index in [1.807, 2.05) is 6.92 Å². The van der Waals surface area contributed by atoms with Crippen LogP contribution >= 0.6 is 11.3 Å². The van der Waals surface area contributed by atoms with Gasteiger partial charge in [-0.25, -0.2) is 8.42 Å². The molecule has 18 heavy (non-hydrogen) atoms. The highest BCUT2D eigenvalue weighted by Crippen LogP contribution is 2.22. The van der Waals surface area contributed by atoms with Gasteiger partial charge in [0.25, 0.3) is 10.0 Å². The van der Waals surface area contributed by atoms with E-state index in [9.17, 15) is 8.42 Å². The number of pyridine rings is 1. The van der Waals surface area contributed by atoms with Crippen molar-refractivity contribution in [2.75, 3.05) is 4.72 Å². The fourth-order valence-electron chi connectivity index (χ4n) is 1.31. The predicted molar refractivity (Wildman–Crippen MR) is 70.0 cm³/mol. The van der Waals surface area contributed by atoms with Crippen LogP contribution < -0.4 is 4.72 Å². The molecule has 2 heterocycles. The highest BCUT2D eigenvalue weighted by Gasteiger charge is 2.16. The molecular weight excluding hydrogens is 272 g/mol. The number of hydrogen-bond acceptors (Lipinski definition) is 5. The van der Waals surface area contributed by atoms with Crippen LogP contribution in [0.25, 0.3) is 0 Å². The molecule has 0 spiro atoms. The summed E-state index contributed by atoms with van der Waals surface area (Å²) in [5.41, 5.74) is 1.82. The molecule has 0 saturated heterocycles. The van der Waals surface area contributed by atoms with Crippen molar-refractivity contribution >= 4 is 27.0 Å². The Morgan fingerprint density at radius 3 is 2.78 bits per heavy atom. The average molecular weight is 284 g/mol. The summed E-state index contributed by atoms with van der Waals surface area (Å²) in [7, 11) is -3.60. The summed E-state index contributed by atoms with van der Waals surface area (Å²) in [6, 6.07) is 4.83. The zero-order valence-electron chi connectivity index (χ0n) is 9.62. The summed E-state index contributed by atoms with van der Waals surface area (Å²) < 4.78 is 26.6. The number of aryl methyl sites for hydroxylation is 1. The largest absolute Gasteiger partial charge is 0.392 e. The van der Waals surface area contributed by atoms with Gasteiger partial charge in [-0.15, -0.1) is 11.3 Å². The molecule has 2 aromatic heterocycles. The van der Waals surface area contributed by atoms with Crippen LogP contribution in [0.3, 0.4) is 0 Å². The van der Waals surface area contributed by atoms with Gasteiger partial charge in [-0.1, -0.05) is 0 Å². The van der Waals surface area contributed by atoms with E-state index < -0.39 is 10.0 Å². The van der Waals surface area contributed by atoms with Gasteiger partial charge in [-0.3, -0.25) is 9.71 Å². The molecule has 0 radical (unpaired) electrons. The van der Waals surface area contributed by atoms with Gasteiger partial charge in [-0.2, -0.15) is 0 Å². The third-order valence-electron chi connectivity index (χ3n) is 2.24. The van der Waals surface area contributed by atoms with Crippen LogP contribution in [0.5, 0.6) is 0 Å². The summed E-state index contributed by atoms with van der Waals surface area (Å²) in [5, 5.41) is 10.5. The topological polar surface area (TPSA) is 79.3 Å². The van der Waals surface area contributed by atoms with Crippen molar-refractivity contribution in [1.82, 2.24) is 4.98 Å². The number of aromatic nitrogens is 1. The van der Waals surface area contributed by atoms with Crippen LogP contribution in [0.15, 0.2) is 34.0 Å². The molecule has 0 aromatic carbocycles. The number of rotatable bonds is 4. The van der Waals surface area contributed by atoms with Gasteiger partial charge in [0.2, 0.25) is 0 Å². The molecule has 0 aliphatic rings. The molecule has 2 rings (SSSR count). The molecule has 0 aliphatic carbocycles. The lowest BCUT2D eigenvalue weighted by Gasteiger charge is -2.05. The van der Waals surface area contributed by atoms with Crippen LogP contribution in [-0.4, -0.2) is 18.5 Å². The van der Waals surface area contributed by atoms with E-state index in [0.717, 1.165) is 17.0 Å². The van der Waals surface area contributed by atoms with Gasteiger partial charge < -0.3 is 5.11 Å². The number of hydrogen-bond donors (Lipinski definition) is 2. The van der Waals surface area contributed by atoms with Crippen molar-refractivity contribution < 1.29 is 13.5 Å². The number of aliphatic hydroxyl groups excluding tert-OH is 1. The second-order valence-electron chi connectivity index (χ2n) is 3.73. The maximum Gasteiger partial charge on any atom is 0.271 e. The standard InChI is InChI=1S/C11H12N2O3S2/c1-8-2-3-10(5-12-8)13-18(15,16)11-4-9(6-14)7-17-11/h2-5,7,13-14H,6H2,1H3. The number of nitrogens with one attached hydrogen (secondary N) is 1. The lowest BCUT2D eigenvalue weighted by molar-refractivity contribution is 0.282. The first-order valence-electron chi connectivity index (χ1n) is 5.15. The highest BCUT2D eigenvalue weighted by molar-refractivity contribution is 7.94. The van der Waals surface area contributed by atoms with Gasteiger partial charge in [0.1, 0.15) is 4.21 Å². The molecule has 96 valence electrons. The summed E-state index contributed by atoms with van der Waals surface area (Å²) in [5.74, 6) is 0. The van der Waals surface area contributed by atoms with Crippen LogP contribution in [0, 0.1) is 6.92 Å². The Morgan fingerprint density at radius 1 is 1.44 bits per heavy atom. The van der Waals surface area contributed by atoms with Crippen molar-refractivity contribution in [3.8, 4) is 0 Å². The fraction of sp³-hybridized carbons (Fsp3) is 0.182. The Balaban J connectivity index is 2.24. The van der Waals surface area contributed by atoms with Gasteiger partial charge in [0, 0.05) is 5.69 Å². The third kappa shape index (κ3) is 2.87. The van der Waals surface area contributed by atoms with Gasteiger partial charge in [0.05, 0.1) is 18.5 Å². The Labute approximate surface area is 109 Å². The Kier molecular flexibility index (Phi) is 3.65. The second-order valence-corrected chi connectivity index (χ2v) is 6.55. The molecule has 0 bridgehead atoms. The lowest BCUT2D eigenvalue weighted by atomic mass is 10.4. The van der Waals surface area contributed by atoms with E-state index in [1.165, 1.54) is 12.3 Å². The summed E-state index contributed by atoms with van der Waals surface area (Å²) in [6.07, 6.45) is 1.47. The van der Waals surface area contributed by atoms with Gasteiger partial charge >= 0.3 is 0 Å². The van der Waals surface area contributed by atoms with E-state index in [0.29, 0.717) is 11.3 Å². The molecule has 7 heteroatoms. The Bertz CT molecular complexity index is 633. The second kappa shape index (κ2) is 5.05. The Hall–Kier alpha value is -1.44. The van der Waals surface area contributed by atoms with Crippen molar-refractivity contribution in [2.24, 2.45) is 0 Å². The SMILES string of the molecule is Cc1ccc(NS(=O)(=O)c2cc(CO)cs2)cn1. The van der Waals surface area contributed by atoms with E-state index in [-0.39, 0.29) is 10.8 Å². The predicted octanol–water partition coefficient (Wildman–Crippen LogP) is 1.74. The monoisotopic (exact) mass is 284 g/mol. The first kappa shape index (κ1) is 13.0. The molecule has 0 amide bonds. The zero-order valence-corrected chi connectivity index (χ0v) is 11.3. The van der Waals surface area contributed by atoms with Crippen molar-refractivity contribution in [3.05, 3.63) is 41.0 Å².